The van der Waals surface area contributed by atoms with Crippen LogP contribution in [0.5, 0.6) is 5.75 Å². The molecule has 1 aliphatic rings. The molecule has 0 radical (unpaired) electrons. The van der Waals surface area contributed by atoms with Crippen LogP contribution in [0.3, 0.4) is 0 Å². The van der Waals surface area contributed by atoms with Gasteiger partial charge >= 0.3 is 6.18 Å². The van der Waals surface area contributed by atoms with E-state index < -0.39 is 24.3 Å². The van der Waals surface area contributed by atoms with Gasteiger partial charge in [-0.25, -0.2) is 0 Å². The number of alkyl halides is 3. The van der Waals surface area contributed by atoms with Gasteiger partial charge < -0.3 is 15.4 Å². The lowest BCUT2D eigenvalue weighted by Crippen LogP contribution is -2.39. The van der Waals surface area contributed by atoms with Crippen LogP contribution in [-0.4, -0.2) is 31.0 Å². The molecule has 0 heterocycles. The van der Waals surface area contributed by atoms with Crippen molar-refractivity contribution in [3.05, 3.63) is 29.8 Å². The minimum Gasteiger partial charge on any atom is -0.484 e. The number of hydrogen-bond donors (Lipinski definition) is 2. The lowest BCUT2D eigenvalue weighted by molar-refractivity contribution is -0.137. The molecule has 1 aromatic rings. The van der Waals surface area contributed by atoms with Crippen LogP contribution in [0.2, 0.25) is 0 Å². The third-order valence-electron chi connectivity index (χ3n) is 2.92. The fraction of sp³-hybridized carbons (Fsp3) is 0.429. The average Bonchev–Trinajstić information content (AvgIpc) is 3.26. The zero-order chi connectivity index (χ0) is 16.2. The molecule has 0 bridgehead atoms. The van der Waals surface area contributed by atoms with Gasteiger partial charge in [-0.2, -0.15) is 13.2 Å². The van der Waals surface area contributed by atoms with Gasteiger partial charge in [-0.3, -0.25) is 9.59 Å². The molecule has 0 aliphatic heterocycles. The molecular formula is C14H15F3N2O3. The summed E-state index contributed by atoms with van der Waals surface area (Å²) >= 11 is 0. The maximum atomic E-state index is 12.5. The lowest BCUT2D eigenvalue weighted by atomic mass is 10.2. The van der Waals surface area contributed by atoms with Gasteiger partial charge in [0.2, 0.25) is 5.91 Å². The molecule has 0 atom stereocenters. The molecule has 5 nitrogen and oxygen atoms in total. The Morgan fingerprint density at radius 2 is 1.95 bits per heavy atom. The van der Waals surface area contributed by atoms with E-state index >= 15 is 0 Å². The summed E-state index contributed by atoms with van der Waals surface area (Å²) in [6.45, 7) is -0.640. The van der Waals surface area contributed by atoms with Crippen molar-refractivity contribution in [1.82, 2.24) is 10.6 Å². The van der Waals surface area contributed by atoms with Crippen molar-refractivity contribution < 1.29 is 27.5 Å². The number of ether oxygens (including phenoxy) is 1. The summed E-state index contributed by atoms with van der Waals surface area (Å²) in [6.07, 6.45) is -2.58. The van der Waals surface area contributed by atoms with Crippen molar-refractivity contribution in [2.75, 3.05) is 13.2 Å². The number of nitrogens with one attached hydrogen (secondary N) is 2. The van der Waals surface area contributed by atoms with E-state index in [1.54, 1.807) is 0 Å². The summed E-state index contributed by atoms with van der Waals surface area (Å²) in [5, 5.41) is 5.02. The predicted octanol–water partition coefficient (Wildman–Crippen LogP) is 1.48. The SMILES string of the molecule is O=C(COc1cccc(C(F)(F)F)c1)NCC(=O)NC1CC1. The van der Waals surface area contributed by atoms with Gasteiger partial charge in [-0.15, -0.1) is 0 Å². The maximum absolute atomic E-state index is 12.5. The summed E-state index contributed by atoms with van der Waals surface area (Å²) in [4.78, 5) is 22.8. The van der Waals surface area contributed by atoms with Crippen molar-refractivity contribution >= 4 is 11.8 Å². The Morgan fingerprint density at radius 3 is 2.59 bits per heavy atom. The van der Waals surface area contributed by atoms with Crippen molar-refractivity contribution in [3.63, 3.8) is 0 Å². The van der Waals surface area contributed by atoms with Gasteiger partial charge in [0.15, 0.2) is 6.61 Å². The maximum Gasteiger partial charge on any atom is 0.416 e. The summed E-state index contributed by atoms with van der Waals surface area (Å²) in [5.74, 6) is -0.939. The van der Waals surface area contributed by atoms with E-state index in [1.807, 2.05) is 0 Å². The molecule has 0 unspecified atom stereocenters. The van der Waals surface area contributed by atoms with Crippen molar-refractivity contribution in [2.24, 2.45) is 0 Å². The first-order chi connectivity index (χ1) is 10.3. The first-order valence-electron chi connectivity index (χ1n) is 6.71. The Balaban J connectivity index is 1.74. The minimum atomic E-state index is -4.47. The molecule has 1 aliphatic carbocycles. The Morgan fingerprint density at radius 1 is 1.23 bits per heavy atom. The zero-order valence-corrected chi connectivity index (χ0v) is 11.6. The van der Waals surface area contributed by atoms with E-state index in [4.69, 9.17) is 4.74 Å². The number of benzene rings is 1. The van der Waals surface area contributed by atoms with Gasteiger partial charge in [0, 0.05) is 6.04 Å². The van der Waals surface area contributed by atoms with Crippen LogP contribution < -0.4 is 15.4 Å². The summed E-state index contributed by atoms with van der Waals surface area (Å²) in [6, 6.07) is 4.44. The van der Waals surface area contributed by atoms with Gasteiger partial charge in [0.05, 0.1) is 12.1 Å². The van der Waals surface area contributed by atoms with E-state index in [0.717, 1.165) is 25.0 Å². The van der Waals surface area contributed by atoms with Crippen LogP contribution in [-0.2, 0) is 15.8 Å². The second kappa shape index (κ2) is 6.67. The first-order valence-corrected chi connectivity index (χ1v) is 6.71. The van der Waals surface area contributed by atoms with Crippen molar-refractivity contribution in [2.45, 2.75) is 25.1 Å². The Bertz CT molecular complexity index is 557. The Hall–Kier alpha value is -2.25. The second-order valence-electron chi connectivity index (χ2n) is 4.93. The van der Waals surface area contributed by atoms with E-state index in [-0.39, 0.29) is 24.2 Å². The zero-order valence-electron chi connectivity index (χ0n) is 11.6. The molecule has 1 aromatic carbocycles. The topological polar surface area (TPSA) is 67.4 Å². The number of carbonyl (C=O) groups is 2. The smallest absolute Gasteiger partial charge is 0.416 e. The van der Waals surface area contributed by atoms with Crippen molar-refractivity contribution in [1.29, 1.82) is 0 Å². The Kier molecular flexibility index (Phi) is 4.89. The monoisotopic (exact) mass is 316 g/mol. The van der Waals surface area contributed by atoms with E-state index in [1.165, 1.54) is 12.1 Å². The van der Waals surface area contributed by atoms with Gasteiger partial charge in [0.1, 0.15) is 5.75 Å². The number of carbonyl (C=O) groups excluding carboxylic acids is 2. The third kappa shape index (κ3) is 5.27. The van der Waals surface area contributed by atoms with Crippen LogP contribution >= 0.6 is 0 Å². The highest BCUT2D eigenvalue weighted by molar-refractivity contribution is 5.85. The van der Waals surface area contributed by atoms with E-state index in [2.05, 4.69) is 10.6 Å². The van der Waals surface area contributed by atoms with Crippen LogP contribution in [0.25, 0.3) is 0 Å². The van der Waals surface area contributed by atoms with Gasteiger partial charge in [-0.1, -0.05) is 6.07 Å². The van der Waals surface area contributed by atoms with Crippen molar-refractivity contribution in [3.8, 4) is 5.75 Å². The molecule has 2 rings (SSSR count). The van der Waals surface area contributed by atoms with E-state index in [0.29, 0.717) is 0 Å². The molecule has 120 valence electrons. The molecule has 1 saturated carbocycles. The van der Waals surface area contributed by atoms with Crippen LogP contribution in [0.15, 0.2) is 24.3 Å². The standard InChI is InChI=1S/C14H15F3N2O3/c15-14(16,17)9-2-1-3-11(6-9)22-8-13(21)18-7-12(20)19-10-4-5-10/h1-3,6,10H,4-5,7-8H2,(H,18,21)(H,19,20). The highest BCUT2D eigenvalue weighted by atomic mass is 19.4. The molecular weight excluding hydrogens is 301 g/mol. The van der Waals surface area contributed by atoms with Gasteiger partial charge in [-0.05, 0) is 31.0 Å². The summed E-state index contributed by atoms with van der Waals surface area (Å²) in [5.41, 5.74) is -0.853. The van der Waals surface area contributed by atoms with E-state index in [9.17, 15) is 22.8 Å². The molecule has 0 aromatic heterocycles. The Labute approximate surface area is 124 Å². The fourth-order valence-corrected chi connectivity index (χ4v) is 1.65. The molecule has 1 fully saturated rings. The largest absolute Gasteiger partial charge is 0.484 e. The normalized spacial score (nSPS) is 14.3. The summed E-state index contributed by atoms with van der Waals surface area (Å²) in [7, 11) is 0. The number of halogens is 3. The molecule has 22 heavy (non-hydrogen) atoms. The lowest BCUT2D eigenvalue weighted by Gasteiger charge is -2.10. The molecule has 0 spiro atoms. The van der Waals surface area contributed by atoms with Crippen LogP contribution in [0.1, 0.15) is 18.4 Å². The molecule has 8 heteroatoms. The number of amides is 2. The molecule has 2 N–H and O–H groups in total. The second-order valence-corrected chi connectivity index (χ2v) is 4.93. The predicted molar refractivity (Wildman–Crippen MR) is 71.1 cm³/mol. The molecule has 2 amide bonds. The summed E-state index contributed by atoms with van der Waals surface area (Å²) < 4.78 is 42.5. The molecule has 0 saturated heterocycles. The fourth-order valence-electron chi connectivity index (χ4n) is 1.65. The quantitative estimate of drug-likeness (QED) is 0.835. The third-order valence-corrected chi connectivity index (χ3v) is 2.92. The highest BCUT2D eigenvalue weighted by Crippen LogP contribution is 2.31. The number of rotatable bonds is 6. The van der Waals surface area contributed by atoms with Crippen LogP contribution in [0, 0.1) is 0 Å². The first kappa shape index (κ1) is 16.1. The minimum absolute atomic E-state index is 0.0626. The van der Waals surface area contributed by atoms with Crippen LogP contribution in [0.4, 0.5) is 13.2 Å². The number of hydrogen-bond acceptors (Lipinski definition) is 3. The average molecular weight is 316 g/mol. The van der Waals surface area contributed by atoms with Gasteiger partial charge in [0.25, 0.3) is 5.91 Å². The highest BCUT2D eigenvalue weighted by Gasteiger charge is 2.30.